The van der Waals surface area contributed by atoms with E-state index in [9.17, 15) is 0 Å². The van der Waals surface area contributed by atoms with Crippen molar-refractivity contribution < 1.29 is 0 Å². The molecule has 9 heteroatoms. The summed E-state index contributed by atoms with van der Waals surface area (Å²) >= 11 is 6.87. The Morgan fingerprint density at radius 2 is 0.576 bits per heavy atom. The number of halogens is 3. The van der Waals surface area contributed by atoms with Crippen molar-refractivity contribution in [2.24, 2.45) is 0 Å². The van der Waals surface area contributed by atoms with Crippen molar-refractivity contribution in [3.63, 3.8) is 0 Å². The van der Waals surface area contributed by atoms with Gasteiger partial charge in [0, 0.05) is 10.7 Å². The second kappa shape index (κ2) is 7.43. The summed E-state index contributed by atoms with van der Waals surface area (Å²) in [5.41, 5.74) is 9.08. The molecule has 0 N–H and O–H groups in total. The van der Waals surface area contributed by atoms with Crippen LogP contribution in [0.4, 0.5) is 0 Å². The average molecular weight is 762 g/mol. The zero-order valence-corrected chi connectivity index (χ0v) is 23.0. The molecule has 3 heterocycles. The largest absolute Gasteiger partial charge is 0.242 e. The van der Waals surface area contributed by atoms with E-state index in [4.69, 9.17) is 29.9 Å². The minimum absolute atomic E-state index is 0.693. The van der Waals surface area contributed by atoms with Gasteiger partial charge in [0.05, 0.1) is 33.1 Å². The highest BCUT2D eigenvalue weighted by molar-refractivity contribution is 14.1. The summed E-state index contributed by atoms with van der Waals surface area (Å²) in [6.07, 6.45) is 0. The van der Waals surface area contributed by atoms with Gasteiger partial charge in [-0.2, -0.15) is 0 Å². The molecule has 0 aliphatic heterocycles. The number of hydrogen-bond donors (Lipinski definition) is 0. The molecule has 0 aliphatic rings. The van der Waals surface area contributed by atoms with E-state index in [2.05, 4.69) is 67.8 Å². The second-order valence-corrected chi connectivity index (χ2v) is 11.4. The molecular formula is C24H9I3N6. The van der Waals surface area contributed by atoms with E-state index in [1.165, 1.54) is 0 Å². The van der Waals surface area contributed by atoms with Crippen LogP contribution in [-0.4, -0.2) is 29.9 Å². The molecule has 156 valence electrons. The van der Waals surface area contributed by atoms with Gasteiger partial charge in [-0.25, -0.2) is 29.9 Å². The van der Waals surface area contributed by atoms with Crippen LogP contribution < -0.4 is 0 Å². The summed E-state index contributed by atoms with van der Waals surface area (Å²) in [5, 5.41) is 0. The molecule has 0 amide bonds. The van der Waals surface area contributed by atoms with E-state index in [1.54, 1.807) is 0 Å². The topological polar surface area (TPSA) is 77.3 Å². The smallest absolute Gasteiger partial charge is 0.120 e. The van der Waals surface area contributed by atoms with E-state index in [1.807, 2.05) is 54.6 Å². The van der Waals surface area contributed by atoms with E-state index in [0.717, 1.165) is 43.8 Å². The zero-order chi connectivity index (χ0) is 22.3. The number of aromatic nitrogens is 6. The molecule has 0 spiro atoms. The second-order valence-electron chi connectivity index (χ2n) is 7.66. The van der Waals surface area contributed by atoms with Crippen molar-refractivity contribution in [1.82, 2.24) is 29.9 Å². The van der Waals surface area contributed by atoms with Crippen LogP contribution in [0, 0.1) is 10.7 Å². The Hall–Kier alpha value is -2.13. The first kappa shape index (κ1) is 20.3. The standard InChI is InChI=1S/C24H9I3N6/c25-10-1-4-13-16(7-10)31-22-19(28-13)20-23(32-17-8-11(26)2-5-14(17)29-20)24-21(22)30-15-6-3-12(27)9-18(15)33-24/h1-9H. The molecule has 7 aromatic rings. The molecule has 4 aromatic carbocycles. The lowest BCUT2D eigenvalue weighted by molar-refractivity contribution is 1.33. The van der Waals surface area contributed by atoms with Crippen LogP contribution in [0.1, 0.15) is 0 Å². The van der Waals surface area contributed by atoms with Gasteiger partial charge in [0.2, 0.25) is 0 Å². The van der Waals surface area contributed by atoms with Crippen LogP contribution in [0.15, 0.2) is 54.6 Å². The monoisotopic (exact) mass is 762 g/mol. The first-order valence-electron chi connectivity index (χ1n) is 9.96. The van der Waals surface area contributed by atoms with Crippen LogP contribution in [0.25, 0.3) is 66.2 Å². The summed E-state index contributed by atoms with van der Waals surface area (Å²) in [5.74, 6) is 0. The number of fused-ring (bicyclic) bond motifs is 9. The Labute approximate surface area is 227 Å². The fourth-order valence-electron chi connectivity index (χ4n) is 4.07. The van der Waals surface area contributed by atoms with Gasteiger partial charge in [0.25, 0.3) is 0 Å². The van der Waals surface area contributed by atoms with Gasteiger partial charge in [-0.1, -0.05) is 0 Å². The Bertz CT molecular complexity index is 1970. The predicted molar refractivity (Wildman–Crippen MR) is 156 cm³/mol. The maximum absolute atomic E-state index is 5.00. The number of rotatable bonds is 0. The first-order valence-corrected chi connectivity index (χ1v) is 13.2. The molecular weight excluding hydrogens is 753 g/mol. The van der Waals surface area contributed by atoms with Crippen LogP contribution in [-0.2, 0) is 0 Å². The van der Waals surface area contributed by atoms with E-state index in [0.29, 0.717) is 33.1 Å². The predicted octanol–water partition coefficient (Wildman–Crippen LogP) is 6.79. The van der Waals surface area contributed by atoms with Crippen LogP contribution >= 0.6 is 67.8 Å². The molecule has 6 nitrogen and oxygen atoms in total. The van der Waals surface area contributed by atoms with Gasteiger partial charge in [-0.15, -0.1) is 0 Å². The molecule has 33 heavy (non-hydrogen) atoms. The van der Waals surface area contributed by atoms with Gasteiger partial charge in [-0.05, 0) is 122 Å². The van der Waals surface area contributed by atoms with Gasteiger partial charge in [0.15, 0.2) is 0 Å². The molecule has 0 saturated heterocycles. The molecule has 0 fully saturated rings. The maximum Gasteiger partial charge on any atom is 0.120 e. The van der Waals surface area contributed by atoms with Crippen molar-refractivity contribution in [3.8, 4) is 0 Å². The van der Waals surface area contributed by atoms with Crippen molar-refractivity contribution in [1.29, 1.82) is 0 Å². The number of hydrogen-bond acceptors (Lipinski definition) is 6. The van der Waals surface area contributed by atoms with Crippen molar-refractivity contribution in [2.75, 3.05) is 0 Å². The van der Waals surface area contributed by atoms with Gasteiger partial charge in [0.1, 0.15) is 33.1 Å². The normalized spacial score (nSPS) is 12.1. The molecule has 0 unspecified atom stereocenters. The maximum atomic E-state index is 5.00. The first-order chi connectivity index (χ1) is 16.0. The van der Waals surface area contributed by atoms with Crippen molar-refractivity contribution in [3.05, 3.63) is 65.3 Å². The summed E-state index contributed by atoms with van der Waals surface area (Å²) < 4.78 is 3.31. The van der Waals surface area contributed by atoms with Crippen molar-refractivity contribution >= 4 is 134 Å². The molecule has 7 rings (SSSR count). The molecule has 0 bridgehead atoms. The lowest BCUT2D eigenvalue weighted by Gasteiger charge is -2.10. The van der Waals surface area contributed by atoms with E-state index < -0.39 is 0 Å². The SMILES string of the molecule is Ic1ccc2nc3c4nc5ccc(I)cc5nc4c4nc5cc(I)ccc5nc4c3nc2c1. The summed E-state index contributed by atoms with van der Waals surface area (Å²) in [6, 6.07) is 18.2. The number of nitrogens with zero attached hydrogens (tertiary/aromatic N) is 6. The molecule has 0 saturated carbocycles. The highest BCUT2D eigenvalue weighted by Gasteiger charge is 2.19. The van der Waals surface area contributed by atoms with Crippen LogP contribution in [0.3, 0.4) is 0 Å². The third-order valence-corrected chi connectivity index (χ3v) is 7.56. The van der Waals surface area contributed by atoms with E-state index >= 15 is 0 Å². The Kier molecular flexibility index (Phi) is 4.56. The van der Waals surface area contributed by atoms with Gasteiger partial charge < -0.3 is 0 Å². The summed E-state index contributed by atoms with van der Waals surface area (Å²) in [6.45, 7) is 0. The molecule has 0 radical (unpaired) electrons. The third kappa shape index (κ3) is 3.22. The van der Waals surface area contributed by atoms with E-state index in [-0.39, 0.29) is 0 Å². The fraction of sp³-hybridized carbons (Fsp3) is 0. The molecule has 0 aliphatic carbocycles. The van der Waals surface area contributed by atoms with Crippen LogP contribution in [0.5, 0.6) is 0 Å². The molecule has 0 atom stereocenters. The lowest BCUT2D eigenvalue weighted by Crippen LogP contribution is -1.99. The fourth-order valence-corrected chi connectivity index (χ4v) is 5.50. The van der Waals surface area contributed by atoms with Gasteiger partial charge >= 0.3 is 0 Å². The minimum atomic E-state index is 0.693. The highest BCUT2D eigenvalue weighted by Crippen LogP contribution is 2.33. The van der Waals surface area contributed by atoms with Crippen molar-refractivity contribution in [2.45, 2.75) is 0 Å². The number of benzene rings is 4. The quantitative estimate of drug-likeness (QED) is 0.0964. The lowest BCUT2D eigenvalue weighted by atomic mass is 10.1. The Balaban J connectivity index is 1.78. The minimum Gasteiger partial charge on any atom is -0.242 e. The Morgan fingerprint density at radius 1 is 0.333 bits per heavy atom. The Morgan fingerprint density at radius 3 is 0.848 bits per heavy atom. The molecule has 3 aromatic heterocycles. The third-order valence-electron chi connectivity index (χ3n) is 5.55. The van der Waals surface area contributed by atoms with Crippen LogP contribution in [0.2, 0.25) is 0 Å². The van der Waals surface area contributed by atoms with Gasteiger partial charge in [-0.3, -0.25) is 0 Å². The summed E-state index contributed by atoms with van der Waals surface area (Å²) in [7, 11) is 0. The average Bonchev–Trinajstić information content (AvgIpc) is 2.81. The highest BCUT2D eigenvalue weighted by atomic mass is 127. The zero-order valence-electron chi connectivity index (χ0n) is 16.5. The summed E-state index contributed by atoms with van der Waals surface area (Å²) in [4.78, 5) is 29.9.